The summed E-state index contributed by atoms with van der Waals surface area (Å²) in [6.45, 7) is 9.64. The van der Waals surface area contributed by atoms with E-state index in [2.05, 4.69) is 20.2 Å². The van der Waals surface area contributed by atoms with Gasteiger partial charge in [-0.1, -0.05) is 12.1 Å². The minimum atomic E-state index is -1.04. The van der Waals surface area contributed by atoms with Gasteiger partial charge in [0.05, 0.1) is 23.6 Å². The van der Waals surface area contributed by atoms with Gasteiger partial charge >= 0.3 is 11.9 Å². The van der Waals surface area contributed by atoms with Gasteiger partial charge in [0, 0.05) is 56.5 Å². The summed E-state index contributed by atoms with van der Waals surface area (Å²) in [5.41, 5.74) is 0.836. The number of carboxylic acids is 1. The van der Waals surface area contributed by atoms with Gasteiger partial charge in [-0.2, -0.15) is 5.26 Å². The van der Waals surface area contributed by atoms with E-state index in [0.717, 1.165) is 0 Å². The standard InChI is InChI=1S/C30H35FN8O4S/c1-5-43-27(40)23-22(35-25(26-33-9-12-44-26)36-24(23)20-7-6-8-21(31)18(20)2)15-37-10-11-39-19(13-37)14-38(29(39)34-17-32)16-30(3,4)28(41)42/h6-9,12,19,24H,5,10-11,13-16H2,1-4H3,(H,35,36)(H,41,42)/b34-29-/t19?,24-/m0/s1. The van der Waals surface area contributed by atoms with Gasteiger partial charge < -0.3 is 25.0 Å². The number of nitrogens with zero attached hydrogens (tertiary/aromatic N) is 7. The maximum absolute atomic E-state index is 14.8. The maximum Gasteiger partial charge on any atom is 0.338 e. The molecule has 3 aliphatic rings. The fraction of sp³-hybridized carbons (Fsp3) is 0.467. The highest BCUT2D eigenvalue weighted by molar-refractivity contribution is 7.11. The van der Waals surface area contributed by atoms with Gasteiger partial charge in [0.25, 0.3) is 0 Å². The molecule has 0 radical (unpaired) electrons. The summed E-state index contributed by atoms with van der Waals surface area (Å²) < 4.78 is 20.3. The van der Waals surface area contributed by atoms with E-state index in [4.69, 9.17) is 9.73 Å². The van der Waals surface area contributed by atoms with E-state index in [1.165, 1.54) is 17.4 Å². The number of hydrogen-bond donors (Lipinski definition) is 2. The summed E-state index contributed by atoms with van der Waals surface area (Å²) in [5, 5.41) is 24.9. The molecule has 2 saturated heterocycles. The molecule has 0 amide bonds. The predicted octanol–water partition coefficient (Wildman–Crippen LogP) is 2.75. The molecule has 0 bridgehead atoms. The van der Waals surface area contributed by atoms with Crippen LogP contribution in [0.1, 0.15) is 42.9 Å². The fourth-order valence-electron chi connectivity index (χ4n) is 5.85. The summed E-state index contributed by atoms with van der Waals surface area (Å²) in [7, 11) is 0. The number of halogens is 1. The molecule has 2 aromatic rings. The number of piperazine rings is 1. The maximum atomic E-state index is 14.8. The Kier molecular flexibility index (Phi) is 8.98. The second-order valence-electron chi connectivity index (χ2n) is 11.6. The Morgan fingerprint density at radius 3 is 2.80 bits per heavy atom. The lowest BCUT2D eigenvalue weighted by molar-refractivity contribution is -0.147. The second kappa shape index (κ2) is 12.7. The Morgan fingerprint density at radius 2 is 2.11 bits per heavy atom. The van der Waals surface area contributed by atoms with Crippen molar-refractivity contribution in [1.82, 2.24) is 25.0 Å². The van der Waals surface area contributed by atoms with Crippen LogP contribution in [0.4, 0.5) is 4.39 Å². The number of aliphatic carboxylic acids is 1. The van der Waals surface area contributed by atoms with Crippen LogP contribution >= 0.6 is 11.3 Å². The summed E-state index contributed by atoms with van der Waals surface area (Å²) in [6.07, 6.45) is 3.55. The van der Waals surface area contributed by atoms with Crippen molar-refractivity contribution in [1.29, 1.82) is 5.26 Å². The topological polar surface area (TPSA) is 147 Å². The Hall–Kier alpha value is -4.35. The molecule has 0 aliphatic carbocycles. The number of ether oxygens (including phenoxy) is 1. The molecule has 1 unspecified atom stereocenters. The van der Waals surface area contributed by atoms with Gasteiger partial charge in [0.15, 0.2) is 10.8 Å². The lowest BCUT2D eigenvalue weighted by atomic mass is 9.92. The summed E-state index contributed by atoms with van der Waals surface area (Å²) in [4.78, 5) is 44.8. The summed E-state index contributed by atoms with van der Waals surface area (Å²) in [6, 6.07) is 3.90. The molecule has 1 aromatic heterocycles. The lowest BCUT2D eigenvalue weighted by Gasteiger charge is -2.38. The third-order valence-corrected chi connectivity index (χ3v) is 8.87. The highest BCUT2D eigenvalue weighted by Gasteiger charge is 2.43. The molecule has 0 spiro atoms. The molecule has 44 heavy (non-hydrogen) atoms. The van der Waals surface area contributed by atoms with Gasteiger partial charge in [-0.3, -0.25) is 14.7 Å². The van der Waals surface area contributed by atoms with Crippen LogP contribution in [0.25, 0.3) is 0 Å². The number of esters is 1. The lowest BCUT2D eigenvalue weighted by Crippen LogP contribution is -2.53. The number of aromatic nitrogens is 1. The van der Waals surface area contributed by atoms with Crippen molar-refractivity contribution < 1.29 is 23.8 Å². The first-order valence-electron chi connectivity index (χ1n) is 14.4. The minimum absolute atomic E-state index is 0.0518. The van der Waals surface area contributed by atoms with Gasteiger partial charge in [0.1, 0.15) is 11.9 Å². The van der Waals surface area contributed by atoms with E-state index in [9.17, 15) is 24.3 Å². The number of amidine groups is 1. The van der Waals surface area contributed by atoms with E-state index in [0.29, 0.717) is 71.9 Å². The van der Waals surface area contributed by atoms with Crippen LogP contribution in [0.15, 0.2) is 51.0 Å². The Balaban J connectivity index is 1.47. The third-order valence-electron chi connectivity index (χ3n) is 8.10. The van der Waals surface area contributed by atoms with Gasteiger partial charge in [-0.25, -0.2) is 14.2 Å². The molecule has 2 atom stereocenters. The molecule has 3 aliphatic heterocycles. The van der Waals surface area contributed by atoms with E-state index >= 15 is 0 Å². The van der Waals surface area contributed by atoms with Crippen molar-refractivity contribution >= 4 is 35.1 Å². The van der Waals surface area contributed by atoms with Crippen LogP contribution in [0.5, 0.6) is 0 Å². The first kappa shape index (κ1) is 31.1. The monoisotopic (exact) mass is 622 g/mol. The Morgan fingerprint density at radius 1 is 1.32 bits per heavy atom. The zero-order valence-corrected chi connectivity index (χ0v) is 25.9. The predicted molar refractivity (Wildman–Crippen MR) is 162 cm³/mol. The van der Waals surface area contributed by atoms with Gasteiger partial charge in [0.2, 0.25) is 12.2 Å². The van der Waals surface area contributed by atoms with E-state index in [1.807, 2.05) is 21.4 Å². The highest BCUT2D eigenvalue weighted by Crippen LogP contribution is 2.36. The SMILES string of the molecule is CCOC(=O)C1=C(CN2CCN3/C(=N\C#N)N(CC(C)(C)C(=O)O)CC3C2)NC(c2nccs2)=N[C@H]1c1cccc(F)c1C. The van der Waals surface area contributed by atoms with Crippen LogP contribution < -0.4 is 5.32 Å². The number of carboxylic acid groups (broad SMARTS) is 1. The molecule has 232 valence electrons. The second-order valence-corrected chi connectivity index (χ2v) is 12.5. The van der Waals surface area contributed by atoms with Crippen molar-refractivity contribution in [3.8, 4) is 6.19 Å². The number of aliphatic imine (C=N–C) groups is 2. The molecule has 1 aromatic carbocycles. The average Bonchev–Trinajstić information content (AvgIpc) is 3.63. The fourth-order valence-corrected chi connectivity index (χ4v) is 6.44. The number of rotatable bonds is 9. The molecule has 0 saturated carbocycles. The molecule has 12 nitrogen and oxygen atoms in total. The molecule has 5 rings (SSSR count). The minimum Gasteiger partial charge on any atom is -0.481 e. The number of carbonyl (C=O) groups excluding carboxylic acids is 1. The Labute approximate surface area is 259 Å². The van der Waals surface area contributed by atoms with E-state index < -0.39 is 23.4 Å². The van der Waals surface area contributed by atoms with Crippen LogP contribution in [0, 0.1) is 29.6 Å². The quantitative estimate of drug-likeness (QED) is 0.316. The van der Waals surface area contributed by atoms with Gasteiger partial charge in [-0.05, 0) is 44.9 Å². The first-order valence-corrected chi connectivity index (χ1v) is 15.3. The van der Waals surface area contributed by atoms with Crippen molar-refractivity contribution in [2.24, 2.45) is 15.4 Å². The number of benzene rings is 1. The van der Waals surface area contributed by atoms with Crippen LogP contribution in [-0.2, 0) is 14.3 Å². The number of guanidine groups is 1. The number of hydrogen-bond acceptors (Lipinski definition) is 10. The highest BCUT2D eigenvalue weighted by atomic mass is 32.1. The average molecular weight is 623 g/mol. The van der Waals surface area contributed by atoms with Crippen molar-refractivity contribution in [3.63, 3.8) is 0 Å². The molecular formula is C30H35FN8O4S. The zero-order valence-electron chi connectivity index (χ0n) is 25.1. The molecule has 4 heterocycles. The molecular weight excluding hydrogens is 587 g/mol. The van der Waals surface area contributed by atoms with E-state index in [1.54, 1.807) is 46.0 Å². The first-order chi connectivity index (χ1) is 21.0. The zero-order chi connectivity index (χ0) is 31.6. The van der Waals surface area contributed by atoms with Crippen molar-refractivity contribution in [2.45, 2.75) is 39.8 Å². The molecule has 14 heteroatoms. The summed E-state index contributed by atoms with van der Waals surface area (Å²) >= 11 is 1.40. The third kappa shape index (κ3) is 6.15. The van der Waals surface area contributed by atoms with Crippen LogP contribution in [-0.4, -0.2) is 100 Å². The Bertz CT molecular complexity index is 1560. The smallest absolute Gasteiger partial charge is 0.338 e. The van der Waals surface area contributed by atoms with Crippen LogP contribution in [0.3, 0.4) is 0 Å². The number of fused-ring (bicyclic) bond motifs is 1. The largest absolute Gasteiger partial charge is 0.481 e. The number of thiazole rings is 1. The van der Waals surface area contributed by atoms with Crippen molar-refractivity contribution in [2.75, 3.05) is 45.9 Å². The van der Waals surface area contributed by atoms with Crippen LogP contribution in [0.2, 0.25) is 0 Å². The number of nitrogens with one attached hydrogen (secondary N) is 1. The van der Waals surface area contributed by atoms with E-state index in [-0.39, 0.29) is 25.0 Å². The molecule has 2 N–H and O–H groups in total. The molecule has 2 fully saturated rings. The number of carbonyl (C=O) groups is 2. The van der Waals surface area contributed by atoms with Gasteiger partial charge in [-0.15, -0.1) is 16.3 Å². The number of nitriles is 1. The normalized spacial score (nSPS) is 21.5. The summed E-state index contributed by atoms with van der Waals surface area (Å²) in [5.74, 6) is -0.881. The van der Waals surface area contributed by atoms with Crippen molar-refractivity contribution in [3.05, 3.63) is 63.0 Å².